The minimum atomic E-state index is -0.360. The Morgan fingerprint density at radius 2 is 1.90 bits per heavy atom. The molecule has 1 aliphatic rings. The summed E-state index contributed by atoms with van der Waals surface area (Å²) in [5.74, 6) is 2.53. The van der Waals surface area contributed by atoms with Crippen LogP contribution in [0.15, 0.2) is 53.4 Å². The van der Waals surface area contributed by atoms with Crippen LogP contribution < -0.4 is 15.5 Å². The monoisotopic (exact) mass is 407 g/mol. The molecule has 6 nitrogen and oxygen atoms in total. The topological polar surface area (TPSA) is 78.5 Å². The van der Waals surface area contributed by atoms with Crippen molar-refractivity contribution in [3.05, 3.63) is 54.1 Å². The molecule has 29 heavy (non-hydrogen) atoms. The minimum absolute atomic E-state index is 0.0322. The Kier molecular flexibility index (Phi) is 6.93. The lowest BCUT2D eigenvalue weighted by Crippen LogP contribution is -2.37. The zero-order chi connectivity index (χ0) is 20.6. The molecular weight excluding hydrogens is 386 g/mol. The number of para-hydroxylation sites is 1. The van der Waals surface area contributed by atoms with Crippen molar-refractivity contribution in [1.29, 1.82) is 0 Å². The maximum atomic E-state index is 12.5. The molecule has 148 valence electrons. The van der Waals surface area contributed by atoms with Crippen molar-refractivity contribution in [1.82, 2.24) is 5.32 Å². The summed E-state index contributed by atoms with van der Waals surface area (Å²) >= 11 is 1.72. The number of carbonyl (C=O) groups excluding carboxylic acids is 3. The first-order chi connectivity index (χ1) is 14.1. The second-order valence-electron chi connectivity index (χ2n) is 6.41. The molecule has 0 unspecified atom stereocenters. The van der Waals surface area contributed by atoms with Crippen LogP contribution in [0.4, 0.5) is 11.4 Å². The van der Waals surface area contributed by atoms with Crippen LogP contribution in [0, 0.1) is 12.3 Å². The summed E-state index contributed by atoms with van der Waals surface area (Å²) in [6, 6.07) is 14.6. The van der Waals surface area contributed by atoms with Crippen LogP contribution in [0.1, 0.15) is 18.4 Å². The van der Waals surface area contributed by atoms with Crippen molar-refractivity contribution in [2.75, 3.05) is 29.1 Å². The van der Waals surface area contributed by atoms with Crippen molar-refractivity contribution < 1.29 is 14.4 Å². The first-order valence-electron chi connectivity index (χ1n) is 9.22. The normalized spacial score (nSPS) is 12.4. The second-order valence-corrected chi connectivity index (χ2v) is 7.55. The van der Waals surface area contributed by atoms with Gasteiger partial charge in [-0.1, -0.05) is 24.1 Å². The number of hydrogen-bond acceptors (Lipinski definition) is 4. The van der Waals surface area contributed by atoms with Gasteiger partial charge in [-0.3, -0.25) is 14.4 Å². The van der Waals surface area contributed by atoms with Crippen LogP contribution in [0.2, 0.25) is 0 Å². The number of fused-ring (bicyclic) bond motifs is 1. The van der Waals surface area contributed by atoms with Gasteiger partial charge in [0.2, 0.25) is 17.7 Å². The van der Waals surface area contributed by atoms with Gasteiger partial charge in [0.15, 0.2) is 0 Å². The molecule has 0 bridgehead atoms. The zero-order valence-corrected chi connectivity index (χ0v) is 16.6. The standard InChI is InChI=1S/C22H21N3O3S/c1-2-16-6-5-7-17(14-16)24-21(27)15-23-20(26)10-11-22(28)25-12-13-29-19-9-4-3-8-18(19)25/h1,3-9,14H,10-13,15H2,(H,23,26)(H,24,27). The number of amides is 3. The van der Waals surface area contributed by atoms with Gasteiger partial charge in [0, 0.05) is 41.3 Å². The fraction of sp³-hybridized carbons (Fsp3) is 0.227. The van der Waals surface area contributed by atoms with E-state index in [0.717, 1.165) is 16.3 Å². The molecule has 0 atom stereocenters. The van der Waals surface area contributed by atoms with Gasteiger partial charge >= 0.3 is 0 Å². The van der Waals surface area contributed by atoms with Crippen molar-refractivity contribution in [2.45, 2.75) is 17.7 Å². The van der Waals surface area contributed by atoms with E-state index in [4.69, 9.17) is 6.42 Å². The summed E-state index contributed by atoms with van der Waals surface area (Å²) in [7, 11) is 0. The number of hydrogen-bond donors (Lipinski definition) is 2. The molecule has 0 aromatic heterocycles. The van der Waals surface area contributed by atoms with Crippen LogP contribution in [0.3, 0.4) is 0 Å². The van der Waals surface area contributed by atoms with Crippen LogP contribution in [-0.4, -0.2) is 36.6 Å². The maximum Gasteiger partial charge on any atom is 0.243 e. The lowest BCUT2D eigenvalue weighted by molar-refractivity contribution is -0.126. The van der Waals surface area contributed by atoms with E-state index in [0.29, 0.717) is 17.8 Å². The van der Waals surface area contributed by atoms with E-state index in [9.17, 15) is 14.4 Å². The molecule has 2 aromatic carbocycles. The molecule has 3 amide bonds. The Bertz CT molecular complexity index is 968. The molecule has 2 aromatic rings. The first-order valence-corrected chi connectivity index (χ1v) is 10.2. The summed E-state index contributed by atoms with van der Waals surface area (Å²) in [5, 5.41) is 5.22. The van der Waals surface area contributed by atoms with Gasteiger partial charge in [0.1, 0.15) is 0 Å². The third kappa shape index (κ3) is 5.62. The predicted molar refractivity (Wildman–Crippen MR) is 115 cm³/mol. The van der Waals surface area contributed by atoms with E-state index < -0.39 is 0 Å². The largest absolute Gasteiger partial charge is 0.347 e. The van der Waals surface area contributed by atoms with E-state index in [2.05, 4.69) is 16.6 Å². The van der Waals surface area contributed by atoms with Crippen LogP contribution in [-0.2, 0) is 14.4 Å². The van der Waals surface area contributed by atoms with Crippen molar-refractivity contribution in [2.24, 2.45) is 0 Å². The van der Waals surface area contributed by atoms with Crippen LogP contribution in [0.5, 0.6) is 0 Å². The highest BCUT2D eigenvalue weighted by Crippen LogP contribution is 2.34. The molecule has 0 aliphatic carbocycles. The third-order valence-corrected chi connectivity index (χ3v) is 5.40. The Balaban J connectivity index is 1.44. The van der Waals surface area contributed by atoms with Crippen LogP contribution in [0.25, 0.3) is 0 Å². The average molecular weight is 407 g/mol. The summed E-state index contributed by atoms with van der Waals surface area (Å²) in [6.07, 6.45) is 5.46. The molecular formula is C22H21N3O3S. The summed E-state index contributed by atoms with van der Waals surface area (Å²) in [4.78, 5) is 39.4. The zero-order valence-electron chi connectivity index (χ0n) is 15.8. The predicted octanol–water partition coefficient (Wildman–Crippen LogP) is 2.64. The molecule has 2 N–H and O–H groups in total. The third-order valence-electron chi connectivity index (χ3n) is 4.35. The first kappa shape index (κ1) is 20.5. The van der Waals surface area contributed by atoms with Crippen LogP contribution >= 0.6 is 11.8 Å². The molecule has 1 aliphatic heterocycles. The number of nitrogens with one attached hydrogen (secondary N) is 2. The van der Waals surface area contributed by atoms with Gasteiger partial charge in [-0.05, 0) is 30.3 Å². The lowest BCUT2D eigenvalue weighted by Gasteiger charge is -2.29. The Labute approximate surface area is 174 Å². The summed E-state index contributed by atoms with van der Waals surface area (Å²) in [5.41, 5.74) is 2.11. The van der Waals surface area contributed by atoms with E-state index in [-0.39, 0.29) is 37.1 Å². The lowest BCUT2D eigenvalue weighted by atomic mass is 10.2. The van der Waals surface area contributed by atoms with Crippen molar-refractivity contribution >= 4 is 40.9 Å². The van der Waals surface area contributed by atoms with E-state index in [1.165, 1.54) is 0 Å². The second kappa shape index (κ2) is 9.80. The maximum absolute atomic E-state index is 12.5. The van der Waals surface area contributed by atoms with Crippen molar-refractivity contribution in [3.8, 4) is 12.3 Å². The molecule has 7 heteroatoms. The number of anilines is 2. The number of benzene rings is 2. The van der Waals surface area contributed by atoms with E-state index >= 15 is 0 Å². The van der Waals surface area contributed by atoms with Gasteiger partial charge in [0.25, 0.3) is 0 Å². The van der Waals surface area contributed by atoms with E-state index in [1.807, 2.05) is 24.3 Å². The summed E-state index contributed by atoms with van der Waals surface area (Å²) in [6.45, 7) is 0.456. The van der Waals surface area contributed by atoms with Gasteiger partial charge in [-0.2, -0.15) is 0 Å². The number of rotatable bonds is 6. The Hall–Kier alpha value is -3.24. The average Bonchev–Trinajstić information content (AvgIpc) is 2.75. The fourth-order valence-electron chi connectivity index (χ4n) is 2.94. The quantitative estimate of drug-likeness (QED) is 0.722. The van der Waals surface area contributed by atoms with Gasteiger partial charge in [-0.25, -0.2) is 0 Å². The van der Waals surface area contributed by atoms with Crippen molar-refractivity contribution in [3.63, 3.8) is 0 Å². The van der Waals surface area contributed by atoms with Gasteiger partial charge in [-0.15, -0.1) is 18.2 Å². The molecule has 0 spiro atoms. The van der Waals surface area contributed by atoms with E-state index in [1.54, 1.807) is 40.9 Å². The van der Waals surface area contributed by atoms with Gasteiger partial charge < -0.3 is 15.5 Å². The Morgan fingerprint density at radius 1 is 1.07 bits per heavy atom. The highest BCUT2D eigenvalue weighted by Gasteiger charge is 2.22. The molecule has 1 heterocycles. The smallest absolute Gasteiger partial charge is 0.243 e. The Morgan fingerprint density at radius 3 is 2.72 bits per heavy atom. The number of carbonyl (C=O) groups is 3. The fourth-order valence-corrected chi connectivity index (χ4v) is 3.94. The summed E-state index contributed by atoms with van der Waals surface area (Å²) < 4.78 is 0. The minimum Gasteiger partial charge on any atom is -0.347 e. The molecule has 0 fully saturated rings. The SMILES string of the molecule is C#Cc1cccc(NC(=O)CNC(=O)CCC(=O)N2CCSc3ccccc32)c1. The highest BCUT2D eigenvalue weighted by molar-refractivity contribution is 7.99. The number of terminal acetylenes is 1. The molecule has 0 radical (unpaired) electrons. The number of thioether (sulfide) groups is 1. The molecule has 0 saturated heterocycles. The van der Waals surface area contributed by atoms with Gasteiger partial charge in [0.05, 0.1) is 12.2 Å². The highest BCUT2D eigenvalue weighted by atomic mass is 32.2. The molecule has 0 saturated carbocycles. The number of nitrogens with zero attached hydrogens (tertiary/aromatic N) is 1. The molecule has 3 rings (SSSR count).